The molecule has 0 saturated carbocycles. The summed E-state index contributed by atoms with van der Waals surface area (Å²) < 4.78 is 27.6. The van der Waals surface area contributed by atoms with Crippen molar-refractivity contribution in [1.82, 2.24) is 19.5 Å². The molecule has 1 N–H and O–H groups in total. The van der Waals surface area contributed by atoms with Gasteiger partial charge in [0.1, 0.15) is 5.82 Å². The van der Waals surface area contributed by atoms with Gasteiger partial charge in [-0.15, -0.1) is 10.2 Å². The molecule has 1 fully saturated rings. The second-order valence-electron chi connectivity index (χ2n) is 7.37. The van der Waals surface area contributed by atoms with Crippen LogP contribution in [0, 0.1) is 13.8 Å². The third-order valence-electron chi connectivity index (χ3n) is 5.22. The summed E-state index contributed by atoms with van der Waals surface area (Å²) in [6.07, 6.45) is 1.73. The smallest absolute Gasteiger partial charge is 0.243 e. The molecule has 10 heteroatoms. The Labute approximate surface area is 186 Å². The normalized spacial score (nSPS) is 15.1. The highest BCUT2D eigenvalue weighted by molar-refractivity contribution is 7.89. The zero-order valence-electron chi connectivity index (χ0n) is 17.3. The summed E-state index contributed by atoms with van der Waals surface area (Å²) in [6, 6.07) is 12.5. The number of pyridine rings is 1. The first-order valence-corrected chi connectivity index (χ1v) is 11.7. The first-order valence-electron chi connectivity index (χ1n) is 9.88. The van der Waals surface area contributed by atoms with Gasteiger partial charge in [-0.05, 0) is 61.4 Å². The number of nitrogens with one attached hydrogen (secondary N) is 1. The van der Waals surface area contributed by atoms with Crippen LogP contribution in [0.25, 0.3) is 0 Å². The summed E-state index contributed by atoms with van der Waals surface area (Å²) in [7, 11) is -3.60. The van der Waals surface area contributed by atoms with Crippen molar-refractivity contribution in [3.63, 3.8) is 0 Å². The van der Waals surface area contributed by atoms with Crippen molar-refractivity contribution >= 4 is 39.1 Å². The van der Waals surface area contributed by atoms with Crippen LogP contribution in [0.5, 0.6) is 0 Å². The van der Waals surface area contributed by atoms with Crippen molar-refractivity contribution in [2.75, 3.05) is 36.4 Å². The molecule has 162 valence electrons. The molecule has 0 radical (unpaired) electrons. The number of piperazine rings is 1. The number of benzene rings is 1. The van der Waals surface area contributed by atoms with Crippen LogP contribution in [0.3, 0.4) is 0 Å². The number of aromatic nitrogens is 3. The van der Waals surface area contributed by atoms with Gasteiger partial charge in [0.25, 0.3) is 0 Å². The maximum Gasteiger partial charge on any atom is 0.243 e. The molecule has 0 bridgehead atoms. The number of aryl methyl sites for hydroxylation is 1. The SMILES string of the molecule is Cc1ccnc(Nc2ccc(N3CCN(S(=O)(=O)c4cccc(Cl)c4C)CC3)nn2)c1. The number of sulfonamides is 1. The fraction of sp³-hybridized carbons (Fsp3) is 0.286. The molecular formula is C21H23ClN6O2S. The predicted molar refractivity (Wildman–Crippen MR) is 121 cm³/mol. The van der Waals surface area contributed by atoms with Gasteiger partial charge in [-0.25, -0.2) is 13.4 Å². The lowest BCUT2D eigenvalue weighted by molar-refractivity contribution is 0.383. The number of halogens is 1. The molecule has 1 aliphatic rings. The lowest BCUT2D eigenvalue weighted by Gasteiger charge is -2.34. The van der Waals surface area contributed by atoms with Crippen molar-refractivity contribution in [2.45, 2.75) is 18.7 Å². The Morgan fingerprint density at radius 3 is 2.42 bits per heavy atom. The molecule has 0 unspecified atom stereocenters. The Bertz CT molecular complexity index is 1180. The quantitative estimate of drug-likeness (QED) is 0.626. The fourth-order valence-electron chi connectivity index (χ4n) is 3.46. The molecule has 0 spiro atoms. The summed E-state index contributed by atoms with van der Waals surface area (Å²) in [5.41, 5.74) is 1.67. The van der Waals surface area contributed by atoms with E-state index in [1.54, 1.807) is 31.3 Å². The summed E-state index contributed by atoms with van der Waals surface area (Å²) in [5.74, 6) is 2.01. The second-order valence-corrected chi connectivity index (χ2v) is 9.69. The standard InChI is InChI=1S/C21H23ClN6O2S/c1-15-8-9-23-20(14-15)24-19-6-7-21(26-25-19)27-10-12-28(13-11-27)31(29,30)18-5-3-4-17(22)16(18)2/h3-9,14H,10-13H2,1-2H3,(H,23,24,25). The lowest BCUT2D eigenvalue weighted by Crippen LogP contribution is -2.49. The molecule has 3 heterocycles. The molecule has 8 nitrogen and oxygen atoms in total. The van der Waals surface area contributed by atoms with Crippen molar-refractivity contribution in [3.8, 4) is 0 Å². The third-order valence-corrected chi connectivity index (χ3v) is 7.67. The maximum atomic E-state index is 13.1. The van der Waals surface area contributed by atoms with Gasteiger partial charge in [0, 0.05) is 37.4 Å². The molecule has 4 rings (SSSR count). The third kappa shape index (κ3) is 4.63. The zero-order valence-corrected chi connectivity index (χ0v) is 18.9. The van der Waals surface area contributed by atoms with Crippen LogP contribution >= 0.6 is 11.6 Å². The molecule has 3 aromatic rings. The number of hydrogen-bond donors (Lipinski definition) is 1. The minimum atomic E-state index is -3.60. The Hall–Kier alpha value is -2.75. The van der Waals surface area contributed by atoms with Gasteiger partial charge < -0.3 is 10.2 Å². The zero-order chi connectivity index (χ0) is 22.0. The average Bonchev–Trinajstić information content (AvgIpc) is 2.76. The Kier molecular flexibility index (Phi) is 6.08. The van der Waals surface area contributed by atoms with Crippen molar-refractivity contribution in [3.05, 3.63) is 64.8 Å². The maximum absolute atomic E-state index is 13.1. The summed E-state index contributed by atoms with van der Waals surface area (Å²) in [5, 5.41) is 12.1. The topological polar surface area (TPSA) is 91.3 Å². The molecular weight excluding hydrogens is 436 g/mol. The second kappa shape index (κ2) is 8.78. The lowest BCUT2D eigenvalue weighted by atomic mass is 10.2. The van der Waals surface area contributed by atoms with Gasteiger partial charge in [0.05, 0.1) is 4.90 Å². The molecule has 0 atom stereocenters. The van der Waals surface area contributed by atoms with E-state index >= 15 is 0 Å². The van der Waals surface area contributed by atoms with E-state index in [1.807, 2.05) is 36.1 Å². The summed E-state index contributed by atoms with van der Waals surface area (Å²) in [4.78, 5) is 6.54. The molecule has 0 amide bonds. The minimum absolute atomic E-state index is 0.258. The van der Waals surface area contributed by atoms with E-state index in [2.05, 4.69) is 20.5 Å². The first-order chi connectivity index (χ1) is 14.8. The number of anilines is 3. The van der Waals surface area contributed by atoms with E-state index in [4.69, 9.17) is 11.6 Å². The van der Waals surface area contributed by atoms with Crippen LogP contribution in [-0.2, 0) is 10.0 Å². The van der Waals surface area contributed by atoms with Crippen molar-refractivity contribution < 1.29 is 8.42 Å². The molecule has 1 saturated heterocycles. The van der Waals surface area contributed by atoms with E-state index in [0.717, 1.165) is 5.56 Å². The first kappa shape index (κ1) is 21.5. The molecule has 1 aliphatic heterocycles. The van der Waals surface area contributed by atoms with Crippen LogP contribution in [0.1, 0.15) is 11.1 Å². The van der Waals surface area contributed by atoms with Crippen molar-refractivity contribution in [2.24, 2.45) is 0 Å². The molecule has 1 aromatic carbocycles. The average molecular weight is 459 g/mol. The Morgan fingerprint density at radius 2 is 1.74 bits per heavy atom. The molecule has 2 aromatic heterocycles. The van der Waals surface area contributed by atoms with E-state index in [-0.39, 0.29) is 4.90 Å². The highest BCUT2D eigenvalue weighted by atomic mass is 35.5. The van der Waals surface area contributed by atoms with E-state index in [1.165, 1.54) is 4.31 Å². The Balaban J connectivity index is 1.41. The van der Waals surface area contributed by atoms with Crippen LogP contribution in [0.2, 0.25) is 5.02 Å². The van der Waals surface area contributed by atoms with Crippen LogP contribution < -0.4 is 10.2 Å². The van der Waals surface area contributed by atoms with Crippen LogP contribution in [-0.4, -0.2) is 54.1 Å². The van der Waals surface area contributed by atoms with Gasteiger partial charge >= 0.3 is 0 Å². The van der Waals surface area contributed by atoms with Gasteiger partial charge in [0.15, 0.2) is 11.6 Å². The van der Waals surface area contributed by atoms with Gasteiger partial charge in [0.2, 0.25) is 10.0 Å². The van der Waals surface area contributed by atoms with E-state index in [9.17, 15) is 8.42 Å². The number of hydrogen-bond acceptors (Lipinski definition) is 7. The number of nitrogens with zero attached hydrogens (tertiary/aromatic N) is 5. The fourth-order valence-corrected chi connectivity index (χ4v) is 5.36. The van der Waals surface area contributed by atoms with Gasteiger partial charge in [-0.3, -0.25) is 0 Å². The molecule has 31 heavy (non-hydrogen) atoms. The summed E-state index contributed by atoms with van der Waals surface area (Å²) in [6.45, 7) is 5.50. The van der Waals surface area contributed by atoms with E-state index < -0.39 is 10.0 Å². The Morgan fingerprint density at radius 1 is 0.968 bits per heavy atom. The highest BCUT2D eigenvalue weighted by Crippen LogP contribution is 2.27. The van der Waals surface area contributed by atoms with E-state index in [0.29, 0.717) is 54.2 Å². The molecule has 0 aliphatic carbocycles. The van der Waals surface area contributed by atoms with Gasteiger partial charge in [-0.1, -0.05) is 17.7 Å². The number of rotatable bonds is 5. The van der Waals surface area contributed by atoms with Gasteiger partial charge in [-0.2, -0.15) is 4.31 Å². The minimum Gasteiger partial charge on any atom is -0.352 e. The van der Waals surface area contributed by atoms with Crippen molar-refractivity contribution in [1.29, 1.82) is 0 Å². The van der Waals surface area contributed by atoms with Crippen LogP contribution in [0.15, 0.2) is 53.6 Å². The highest BCUT2D eigenvalue weighted by Gasteiger charge is 2.30. The largest absolute Gasteiger partial charge is 0.352 e. The monoisotopic (exact) mass is 458 g/mol. The van der Waals surface area contributed by atoms with Crippen LogP contribution in [0.4, 0.5) is 17.5 Å². The summed E-state index contributed by atoms with van der Waals surface area (Å²) >= 11 is 6.12. The predicted octanol–water partition coefficient (Wildman–Crippen LogP) is 3.40.